The van der Waals surface area contributed by atoms with E-state index in [0.717, 1.165) is 16.8 Å². The third-order valence-corrected chi connectivity index (χ3v) is 3.29. The number of H-pyrrole nitrogens is 1. The molecule has 0 aliphatic carbocycles. The second kappa shape index (κ2) is 4.96. The zero-order chi connectivity index (χ0) is 14.9. The Bertz CT molecular complexity index is 905. The fourth-order valence-electron chi connectivity index (χ4n) is 2.24. The minimum absolute atomic E-state index is 0.410. The van der Waals surface area contributed by atoms with Gasteiger partial charge in [-0.1, -0.05) is 35.5 Å². The SMILES string of the molecule is Cn1cnc(-c2noc(-c3cn[nH]c3-c3ccccc3)n2)c1. The third kappa shape index (κ3) is 2.08. The van der Waals surface area contributed by atoms with Crippen LogP contribution in [0.15, 0.2) is 53.6 Å². The largest absolute Gasteiger partial charge is 0.340 e. The Labute approximate surface area is 125 Å². The molecule has 0 amide bonds. The van der Waals surface area contributed by atoms with Crippen molar-refractivity contribution in [2.75, 3.05) is 0 Å². The quantitative estimate of drug-likeness (QED) is 0.627. The summed E-state index contributed by atoms with van der Waals surface area (Å²) < 4.78 is 7.20. The van der Waals surface area contributed by atoms with Gasteiger partial charge in [0.2, 0.25) is 5.82 Å². The van der Waals surface area contributed by atoms with Gasteiger partial charge in [0.25, 0.3) is 5.89 Å². The van der Waals surface area contributed by atoms with E-state index in [1.54, 1.807) is 12.5 Å². The average molecular weight is 292 g/mol. The highest BCUT2D eigenvalue weighted by atomic mass is 16.5. The Hall–Kier alpha value is -3.22. The first-order valence-electron chi connectivity index (χ1n) is 6.72. The number of benzene rings is 1. The maximum absolute atomic E-state index is 5.36. The zero-order valence-electron chi connectivity index (χ0n) is 11.8. The number of nitrogens with zero attached hydrogens (tertiary/aromatic N) is 5. The van der Waals surface area contributed by atoms with Crippen molar-refractivity contribution in [3.63, 3.8) is 0 Å². The molecule has 0 radical (unpaired) electrons. The van der Waals surface area contributed by atoms with Crippen LogP contribution in [0.25, 0.3) is 34.2 Å². The van der Waals surface area contributed by atoms with Gasteiger partial charge in [-0.25, -0.2) is 4.98 Å². The number of hydrogen-bond donors (Lipinski definition) is 1. The van der Waals surface area contributed by atoms with E-state index in [2.05, 4.69) is 25.3 Å². The summed E-state index contributed by atoms with van der Waals surface area (Å²) >= 11 is 0. The lowest BCUT2D eigenvalue weighted by atomic mass is 10.1. The molecule has 7 heteroatoms. The van der Waals surface area contributed by atoms with Crippen LogP contribution in [0.2, 0.25) is 0 Å². The first-order valence-corrected chi connectivity index (χ1v) is 6.72. The van der Waals surface area contributed by atoms with Crippen molar-refractivity contribution >= 4 is 0 Å². The number of aromatic nitrogens is 6. The van der Waals surface area contributed by atoms with Crippen molar-refractivity contribution in [2.45, 2.75) is 0 Å². The van der Waals surface area contributed by atoms with Crippen LogP contribution in [0.3, 0.4) is 0 Å². The van der Waals surface area contributed by atoms with E-state index in [-0.39, 0.29) is 0 Å². The molecule has 0 aliphatic rings. The summed E-state index contributed by atoms with van der Waals surface area (Å²) in [6, 6.07) is 9.88. The second-order valence-corrected chi connectivity index (χ2v) is 4.87. The van der Waals surface area contributed by atoms with Gasteiger partial charge in [0, 0.05) is 18.8 Å². The van der Waals surface area contributed by atoms with E-state index in [1.165, 1.54) is 0 Å². The van der Waals surface area contributed by atoms with Crippen molar-refractivity contribution < 1.29 is 4.52 Å². The Balaban J connectivity index is 1.75. The van der Waals surface area contributed by atoms with E-state index in [9.17, 15) is 0 Å². The fourth-order valence-corrected chi connectivity index (χ4v) is 2.24. The van der Waals surface area contributed by atoms with Gasteiger partial charge in [0.1, 0.15) is 5.69 Å². The fraction of sp³-hybridized carbons (Fsp3) is 0.0667. The summed E-state index contributed by atoms with van der Waals surface area (Å²) in [4.78, 5) is 8.62. The molecule has 7 nitrogen and oxygen atoms in total. The Morgan fingerprint density at radius 3 is 2.82 bits per heavy atom. The van der Waals surface area contributed by atoms with Crippen LogP contribution in [-0.4, -0.2) is 29.9 Å². The summed E-state index contributed by atoms with van der Waals surface area (Å²) in [7, 11) is 1.89. The molecule has 0 aliphatic heterocycles. The van der Waals surface area contributed by atoms with E-state index in [4.69, 9.17) is 4.52 Å². The molecule has 4 rings (SSSR count). The van der Waals surface area contributed by atoms with Gasteiger partial charge in [0.05, 0.1) is 23.8 Å². The zero-order valence-corrected chi connectivity index (χ0v) is 11.8. The highest BCUT2D eigenvalue weighted by Crippen LogP contribution is 2.29. The Kier molecular flexibility index (Phi) is 2.82. The van der Waals surface area contributed by atoms with Gasteiger partial charge in [-0.15, -0.1) is 0 Å². The van der Waals surface area contributed by atoms with Crippen LogP contribution < -0.4 is 0 Å². The van der Waals surface area contributed by atoms with Crippen LogP contribution in [0.5, 0.6) is 0 Å². The lowest BCUT2D eigenvalue weighted by Crippen LogP contribution is -1.83. The van der Waals surface area contributed by atoms with Crippen LogP contribution >= 0.6 is 0 Å². The van der Waals surface area contributed by atoms with Crippen LogP contribution in [0, 0.1) is 0 Å². The Morgan fingerprint density at radius 2 is 2.05 bits per heavy atom. The normalized spacial score (nSPS) is 11.0. The lowest BCUT2D eigenvalue weighted by molar-refractivity contribution is 0.432. The summed E-state index contributed by atoms with van der Waals surface area (Å²) in [5.74, 6) is 0.865. The molecule has 1 N–H and O–H groups in total. The van der Waals surface area contributed by atoms with Crippen LogP contribution in [0.4, 0.5) is 0 Å². The smallest absolute Gasteiger partial charge is 0.262 e. The van der Waals surface area contributed by atoms with Crippen molar-refractivity contribution in [2.24, 2.45) is 7.05 Å². The van der Waals surface area contributed by atoms with Gasteiger partial charge in [-0.05, 0) is 0 Å². The predicted molar refractivity (Wildman–Crippen MR) is 79.5 cm³/mol. The molecule has 0 spiro atoms. The van der Waals surface area contributed by atoms with E-state index < -0.39 is 0 Å². The number of hydrogen-bond acceptors (Lipinski definition) is 5. The summed E-state index contributed by atoms with van der Waals surface area (Å²) in [6.45, 7) is 0. The molecule has 3 heterocycles. The molecule has 0 atom stereocenters. The molecular formula is C15H12N6O. The monoisotopic (exact) mass is 292 g/mol. The number of imidazole rings is 1. The predicted octanol–water partition coefficient (Wildman–Crippen LogP) is 2.53. The van der Waals surface area contributed by atoms with E-state index in [0.29, 0.717) is 17.4 Å². The van der Waals surface area contributed by atoms with Crippen molar-refractivity contribution in [3.05, 3.63) is 49.1 Å². The highest BCUT2D eigenvalue weighted by Gasteiger charge is 2.17. The van der Waals surface area contributed by atoms with Gasteiger partial charge >= 0.3 is 0 Å². The minimum atomic E-state index is 0.410. The van der Waals surface area contributed by atoms with Crippen molar-refractivity contribution in [1.82, 2.24) is 29.9 Å². The number of nitrogens with one attached hydrogen (secondary N) is 1. The van der Waals surface area contributed by atoms with Gasteiger partial charge < -0.3 is 9.09 Å². The first-order chi connectivity index (χ1) is 10.8. The molecule has 108 valence electrons. The third-order valence-electron chi connectivity index (χ3n) is 3.29. The van der Waals surface area contributed by atoms with Crippen molar-refractivity contribution in [3.8, 4) is 34.2 Å². The molecule has 0 saturated carbocycles. The summed E-state index contributed by atoms with van der Waals surface area (Å²) in [5, 5.41) is 11.1. The van der Waals surface area contributed by atoms with Gasteiger partial charge in [0.15, 0.2) is 0 Å². The molecular weight excluding hydrogens is 280 g/mol. The number of rotatable bonds is 3. The van der Waals surface area contributed by atoms with Gasteiger partial charge in [-0.3, -0.25) is 5.10 Å². The average Bonchev–Trinajstić information content (AvgIpc) is 3.27. The Morgan fingerprint density at radius 1 is 1.18 bits per heavy atom. The summed E-state index contributed by atoms with van der Waals surface area (Å²) in [6.07, 6.45) is 5.21. The van der Waals surface area contributed by atoms with E-state index in [1.807, 2.05) is 48.1 Å². The van der Waals surface area contributed by atoms with Crippen molar-refractivity contribution in [1.29, 1.82) is 0 Å². The maximum Gasteiger partial charge on any atom is 0.262 e. The second-order valence-electron chi connectivity index (χ2n) is 4.87. The minimum Gasteiger partial charge on any atom is -0.340 e. The molecule has 0 unspecified atom stereocenters. The molecule has 22 heavy (non-hydrogen) atoms. The first kappa shape index (κ1) is 12.5. The molecule has 0 bridgehead atoms. The highest BCUT2D eigenvalue weighted by molar-refractivity contribution is 5.76. The topological polar surface area (TPSA) is 85.4 Å². The molecule has 1 aromatic carbocycles. The molecule has 3 aromatic heterocycles. The molecule has 4 aromatic rings. The van der Waals surface area contributed by atoms with Crippen LogP contribution in [-0.2, 0) is 7.05 Å². The standard InChI is InChI=1S/C15H12N6O/c1-21-8-12(16-9-21)14-18-15(22-20-14)11-7-17-19-13(11)10-5-3-2-4-6-10/h2-9H,1H3,(H,17,19). The lowest BCUT2D eigenvalue weighted by Gasteiger charge is -1.98. The molecule has 0 saturated heterocycles. The number of aryl methyl sites for hydroxylation is 1. The van der Waals surface area contributed by atoms with Crippen LogP contribution in [0.1, 0.15) is 0 Å². The summed E-state index contributed by atoms with van der Waals surface area (Å²) in [5.41, 5.74) is 3.28. The maximum atomic E-state index is 5.36. The molecule has 0 fully saturated rings. The van der Waals surface area contributed by atoms with Gasteiger partial charge in [-0.2, -0.15) is 10.1 Å². The van der Waals surface area contributed by atoms with E-state index >= 15 is 0 Å². The number of aromatic amines is 1.